The second-order valence-corrected chi connectivity index (χ2v) is 5.02. The van der Waals surface area contributed by atoms with Gasteiger partial charge in [-0.25, -0.2) is 9.59 Å². The van der Waals surface area contributed by atoms with E-state index in [1.807, 2.05) is 0 Å². The van der Waals surface area contributed by atoms with Gasteiger partial charge in [0.2, 0.25) is 0 Å². The van der Waals surface area contributed by atoms with Crippen LogP contribution in [0, 0.1) is 3.57 Å². The second kappa shape index (κ2) is 7.68. The number of amides is 2. The largest absolute Gasteiger partial charge is 0.480 e. The number of methoxy groups -OCH3 is 1. The lowest BCUT2D eigenvalue weighted by atomic mass is 10.2. The van der Waals surface area contributed by atoms with Gasteiger partial charge < -0.3 is 20.5 Å². The van der Waals surface area contributed by atoms with Crippen LogP contribution in [0.1, 0.15) is 6.42 Å². The van der Waals surface area contributed by atoms with Gasteiger partial charge in [-0.3, -0.25) is 4.79 Å². The SMILES string of the molecule is COC(=O)C[C@H](NC(=O)Nc1ccc(I)cc1)C(=O)O. The van der Waals surface area contributed by atoms with Gasteiger partial charge in [-0.15, -0.1) is 0 Å². The number of ether oxygens (including phenoxy) is 1. The molecule has 0 aromatic heterocycles. The molecule has 1 aromatic rings. The normalized spacial score (nSPS) is 11.3. The lowest BCUT2D eigenvalue weighted by Gasteiger charge is -2.14. The highest BCUT2D eigenvalue weighted by molar-refractivity contribution is 14.1. The Morgan fingerprint density at radius 2 is 1.90 bits per heavy atom. The Morgan fingerprint density at radius 3 is 2.40 bits per heavy atom. The van der Waals surface area contributed by atoms with Crippen LogP contribution in [-0.2, 0) is 14.3 Å². The van der Waals surface area contributed by atoms with Crippen molar-refractivity contribution >= 4 is 46.2 Å². The van der Waals surface area contributed by atoms with E-state index in [2.05, 4.69) is 38.0 Å². The maximum atomic E-state index is 11.6. The highest BCUT2D eigenvalue weighted by atomic mass is 127. The molecule has 0 bridgehead atoms. The molecule has 108 valence electrons. The van der Waals surface area contributed by atoms with Crippen molar-refractivity contribution in [1.29, 1.82) is 0 Å². The Morgan fingerprint density at radius 1 is 1.30 bits per heavy atom. The summed E-state index contributed by atoms with van der Waals surface area (Å²) < 4.78 is 5.37. The van der Waals surface area contributed by atoms with Crippen LogP contribution in [0.3, 0.4) is 0 Å². The Kier molecular flexibility index (Phi) is 6.22. The molecule has 0 aliphatic rings. The first-order chi connectivity index (χ1) is 9.42. The molecule has 1 rings (SSSR count). The van der Waals surface area contributed by atoms with E-state index < -0.39 is 30.4 Å². The number of urea groups is 1. The molecule has 0 fully saturated rings. The average Bonchev–Trinajstić information content (AvgIpc) is 2.40. The molecule has 0 saturated carbocycles. The van der Waals surface area contributed by atoms with Crippen molar-refractivity contribution < 1.29 is 24.2 Å². The predicted molar refractivity (Wildman–Crippen MR) is 79.4 cm³/mol. The Labute approximate surface area is 128 Å². The number of benzene rings is 1. The molecule has 20 heavy (non-hydrogen) atoms. The maximum absolute atomic E-state index is 11.6. The number of anilines is 1. The number of carbonyl (C=O) groups excluding carboxylic acids is 2. The third-order valence-corrected chi connectivity index (χ3v) is 3.02. The van der Waals surface area contributed by atoms with Gasteiger partial charge in [0.15, 0.2) is 0 Å². The molecule has 0 saturated heterocycles. The molecule has 7 nitrogen and oxygen atoms in total. The van der Waals surface area contributed by atoms with Crippen molar-refractivity contribution in [3.63, 3.8) is 0 Å². The van der Waals surface area contributed by atoms with Gasteiger partial charge in [-0.2, -0.15) is 0 Å². The predicted octanol–water partition coefficient (Wildman–Crippen LogP) is 1.43. The van der Waals surface area contributed by atoms with Crippen molar-refractivity contribution in [2.45, 2.75) is 12.5 Å². The van der Waals surface area contributed by atoms with E-state index in [4.69, 9.17) is 5.11 Å². The van der Waals surface area contributed by atoms with Gasteiger partial charge >= 0.3 is 18.0 Å². The molecular weight excluding hydrogens is 379 g/mol. The topological polar surface area (TPSA) is 105 Å². The fraction of sp³-hybridized carbons (Fsp3) is 0.250. The standard InChI is InChI=1S/C12H13IN2O5/c1-20-10(16)6-9(11(17)18)15-12(19)14-8-4-2-7(13)3-5-8/h2-5,9H,6H2,1H3,(H,17,18)(H2,14,15,19)/t9-/m0/s1. The molecule has 0 heterocycles. The average molecular weight is 392 g/mol. The summed E-state index contributed by atoms with van der Waals surface area (Å²) >= 11 is 2.12. The number of hydrogen-bond donors (Lipinski definition) is 3. The van der Waals surface area contributed by atoms with E-state index in [1.54, 1.807) is 24.3 Å². The van der Waals surface area contributed by atoms with Crippen molar-refractivity contribution in [2.75, 3.05) is 12.4 Å². The van der Waals surface area contributed by atoms with E-state index in [1.165, 1.54) is 0 Å². The molecule has 1 atom stereocenters. The van der Waals surface area contributed by atoms with Gasteiger partial charge in [0, 0.05) is 9.26 Å². The first-order valence-corrected chi connectivity index (χ1v) is 6.63. The number of esters is 1. The number of carboxylic acids is 1. The quantitative estimate of drug-likeness (QED) is 0.520. The van der Waals surface area contributed by atoms with Gasteiger partial charge in [0.25, 0.3) is 0 Å². The maximum Gasteiger partial charge on any atom is 0.326 e. The Bertz CT molecular complexity index is 503. The van der Waals surface area contributed by atoms with Crippen molar-refractivity contribution in [1.82, 2.24) is 5.32 Å². The van der Waals surface area contributed by atoms with Crippen LogP contribution < -0.4 is 10.6 Å². The number of hydrogen-bond acceptors (Lipinski definition) is 4. The Hall–Kier alpha value is -1.84. The molecule has 0 aliphatic carbocycles. The van der Waals surface area contributed by atoms with Gasteiger partial charge in [0.1, 0.15) is 6.04 Å². The summed E-state index contributed by atoms with van der Waals surface area (Å²) in [6, 6.07) is 4.89. The molecule has 0 aliphatic heterocycles. The van der Waals surface area contributed by atoms with E-state index in [9.17, 15) is 14.4 Å². The summed E-state index contributed by atoms with van der Waals surface area (Å²) in [7, 11) is 1.15. The lowest BCUT2D eigenvalue weighted by Crippen LogP contribution is -2.44. The molecule has 3 N–H and O–H groups in total. The van der Waals surface area contributed by atoms with Crippen molar-refractivity contribution in [3.8, 4) is 0 Å². The molecule has 0 spiro atoms. The van der Waals surface area contributed by atoms with Crippen molar-refractivity contribution in [3.05, 3.63) is 27.8 Å². The van der Waals surface area contributed by atoms with Crippen LogP contribution in [0.25, 0.3) is 0 Å². The third kappa shape index (κ3) is 5.43. The number of halogens is 1. The molecule has 8 heteroatoms. The molecule has 2 amide bonds. The molecule has 0 unspecified atom stereocenters. The monoisotopic (exact) mass is 392 g/mol. The Balaban J connectivity index is 2.60. The zero-order valence-electron chi connectivity index (χ0n) is 10.6. The molecule has 1 aromatic carbocycles. The molecular formula is C12H13IN2O5. The fourth-order valence-corrected chi connectivity index (χ4v) is 1.67. The minimum absolute atomic E-state index is 0.439. The number of aliphatic carboxylic acids is 1. The number of rotatable bonds is 5. The lowest BCUT2D eigenvalue weighted by molar-refractivity contribution is -0.147. The third-order valence-electron chi connectivity index (χ3n) is 2.30. The van der Waals surface area contributed by atoms with E-state index in [-0.39, 0.29) is 0 Å². The summed E-state index contributed by atoms with van der Waals surface area (Å²) in [5.41, 5.74) is 0.519. The minimum Gasteiger partial charge on any atom is -0.480 e. The number of carbonyl (C=O) groups is 3. The van der Waals surface area contributed by atoms with Gasteiger partial charge in [-0.05, 0) is 46.9 Å². The second-order valence-electron chi connectivity index (χ2n) is 3.78. The highest BCUT2D eigenvalue weighted by Crippen LogP contribution is 2.11. The number of carboxylic acid groups (broad SMARTS) is 1. The summed E-state index contributed by atoms with van der Waals surface area (Å²) in [5, 5.41) is 13.6. The first kappa shape index (κ1) is 16.2. The van der Waals surface area contributed by atoms with Crippen LogP contribution in [0.5, 0.6) is 0 Å². The van der Waals surface area contributed by atoms with Crippen LogP contribution in [0.15, 0.2) is 24.3 Å². The van der Waals surface area contributed by atoms with E-state index >= 15 is 0 Å². The molecule has 0 radical (unpaired) electrons. The number of nitrogens with one attached hydrogen (secondary N) is 2. The zero-order valence-corrected chi connectivity index (χ0v) is 12.7. The van der Waals surface area contributed by atoms with Gasteiger partial charge in [0.05, 0.1) is 13.5 Å². The van der Waals surface area contributed by atoms with Crippen LogP contribution >= 0.6 is 22.6 Å². The smallest absolute Gasteiger partial charge is 0.326 e. The van der Waals surface area contributed by atoms with E-state index in [0.29, 0.717) is 5.69 Å². The summed E-state index contributed by atoms with van der Waals surface area (Å²) in [4.78, 5) is 33.6. The highest BCUT2D eigenvalue weighted by Gasteiger charge is 2.23. The van der Waals surface area contributed by atoms with Crippen LogP contribution in [0.4, 0.5) is 10.5 Å². The van der Waals surface area contributed by atoms with Crippen LogP contribution in [-0.4, -0.2) is 36.2 Å². The minimum atomic E-state index is -1.34. The van der Waals surface area contributed by atoms with Crippen LogP contribution in [0.2, 0.25) is 0 Å². The summed E-state index contributed by atoms with van der Waals surface area (Å²) in [5.74, 6) is -2.03. The fourth-order valence-electron chi connectivity index (χ4n) is 1.31. The van der Waals surface area contributed by atoms with Gasteiger partial charge in [-0.1, -0.05) is 0 Å². The summed E-state index contributed by atoms with van der Waals surface area (Å²) in [6.45, 7) is 0. The summed E-state index contributed by atoms with van der Waals surface area (Å²) in [6.07, 6.45) is -0.439. The van der Waals surface area contributed by atoms with Crippen molar-refractivity contribution in [2.24, 2.45) is 0 Å². The zero-order chi connectivity index (χ0) is 15.1. The first-order valence-electron chi connectivity index (χ1n) is 5.55. The van der Waals surface area contributed by atoms with E-state index in [0.717, 1.165) is 10.7 Å².